The molecule has 28 heavy (non-hydrogen) atoms. The van der Waals surface area contributed by atoms with E-state index in [1.807, 2.05) is 12.1 Å². The standard InChI is InChI=1S/C23H34FN3O/c24-20-11-9-19(10-12-20)23(18-5-1-2-6-18)25-22(28)17-26-13-15-27(16-14-26)21-7-3-4-8-21/h9-12,18,21,23H,1-8,13-17H2,(H,25,28). The van der Waals surface area contributed by atoms with E-state index in [9.17, 15) is 9.18 Å². The summed E-state index contributed by atoms with van der Waals surface area (Å²) >= 11 is 0. The van der Waals surface area contributed by atoms with Gasteiger partial charge in [-0.25, -0.2) is 4.39 Å². The zero-order chi connectivity index (χ0) is 19.3. The van der Waals surface area contributed by atoms with Crippen molar-refractivity contribution in [1.29, 1.82) is 0 Å². The van der Waals surface area contributed by atoms with Gasteiger partial charge in [-0.3, -0.25) is 14.6 Å². The van der Waals surface area contributed by atoms with Crippen molar-refractivity contribution in [3.63, 3.8) is 0 Å². The summed E-state index contributed by atoms with van der Waals surface area (Å²) in [5.74, 6) is 0.351. The molecule has 1 aliphatic heterocycles. The third-order valence-electron chi connectivity index (χ3n) is 7.03. The number of hydrogen-bond acceptors (Lipinski definition) is 3. The fraction of sp³-hybridized carbons (Fsp3) is 0.696. The Morgan fingerprint density at radius 3 is 2.21 bits per heavy atom. The van der Waals surface area contributed by atoms with Gasteiger partial charge in [-0.15, -0.1) is 0 Å². The molecule has 4 nitrogen and oxygen atoms in total. The van der Waals surface area contributed by atoms with Crippen molar-refractivity contribution >= 4 is 5.91 Å². The molecule has 1 unspecified atom stereocenters. The first-order valence-corrected chi connectivity index (χ1v) is 11.2. The molecule has 1 aromatic rings. The van der Waals surface area contributed by atoms with Gasteiger partial charge in [0.2, 0.25) is 5.91 Å². The molecule has 1 atom stereocenters. The molecule has 1 amide bonds. The zero-order valence-electron chi connectivity index (χ0n) is 16.9. The normalized spacial score (nSPS) is 23.9. The third kappa shape index (κ3) is 4.93. The molecule has 4 rings (SSSR count). The molecule has 1 saturated heterocycles. The molecular formula is C23H34FN3O. The van der Waals surface area contributed by atoms with Crippen LogP contribution in [-0.2, 0) is 4.79 Å². The van der Waals surface area contributed by atoms with E-state index in [-0.39, 0.29) is 17.8 Å². The van der Waals surface area contributed by atoms with E-state index >= 15 is 0 Å². The molecule has 154 valence electrons. The van der Waals surface area contributed by atoms with Crippen LogP contribution in [0.1, 0.15) is 63.0 Å². The number of piperazine rings is 1. The van der Waals surface area contributed by atoms with Crippen LogP contribution < -0.4 is 5.32 Å². The van der Waals surface area contributed by atoms with Crippen molar-refractivity contribution in [2.75, 3.05) is 32.7 Å². The Kier molecular flexibility index (Phi) is 6.63. The summed E-state index contributed by atoms with van der Waals surface area (Å²) in [6.07, 6.45) is 10.2. The summed E-state index contributed by atoms with van der Waals surface area (Å²) in [4.78, 5) is 17.7. The van der Waals surface area contributed by atoms with Crippen molar-refractivity contribution in [2.45, 2.75) is 63.5 Å². The van der Waals surface area contributed by atoms with Gasteiger partial charge in [0.1, 0.15) is 5.82 Å². The lowest BCUT2D eigenvalue weighted by molar-refractivity contribution is -0.123. The molecule has 5 heteroatoms. The monoisotopic (exact) mass is 387 g/mol. The summed E-state index contributed by atoms with van der Waals surface area (Å²) in [6.45, 7) is 4.61. The van der Waals surface area contributed by atoms with E-state index in [0.29, 0.717) is 12.5 Å². The van der Waals surface area contributed by atoms with Crippen LogP contribution in [0.4, 0.5) is 4.39 Å². The van der Waals surface area contributed by atoms with Gasteiger partial charge in [0.05, 0.1) is 12.6 Å². The largest absolute Gasteiger partial charge is 0.348 e. The summed E-state index contributed by atoms with van der Waals surface area (Å²) in [7, 11) is 0. The number of halogens is 1. The molecule has 0 radical (unpaired) electrons. The minimum atomic E-state index is -0.222. The van der Waals surface area contributed by atoms with Gasteiger partial charge in [-0.05, 0) is 49.3 Å². The molecule has 0 spiro atoms. The average Bonchev–Trinajstić information content (AvgIpc) is 3.42. The minimum absolute atomic E-state index is 0.00961. The number of nitrogens with zero attached hydrogens (tertiary/aromatic N) is 2. The Bertz CT molecular complexity index is 630. The number of nitrogens with one attached hydrogen (secondary N) is 1. The van der Waals surface area contributed by atoms with Crippen molar-refractivity contribution in [2.24, 2.45) is 5.92 Å². The predicted molar refractivity (Wildman–Crippen MR) is 110 cm³/mol. The van der Waals surface area contributed by atoms with E-state index in [2.05, 4.69) is 15.1 Å². The van der Waals surface area contributed by atoms with Crippen molar-refractivity contribution < 1.29 is 9.18 Å². The summed E-state index contributed by atoms with van der Waals surface area (Å²) < 4.78 is 13.3. The Hall–Kier alpha value is -1.46. The second-order valence-electron chi connectivity index (χ2n) is 8.89. The first-order valence-electron chi connectivity index (χ1n) is 11.2. The first-order chi connectivity index (χ1) is 13.7. The van der Waals surface area contributed by atoms with Crippen molar-refractivity contribution in [3.05, 3.63) is 35.6 Å². The molecule has 2 aliphatic carbocycles. The average molecular weight is 388 g/mol. The number of hydrogen-bond donors (Lipinski definition) is 1. The fourth-order valence-electron chi connectivity index (χ4n) is 5.41. The van der Waals surface area contributed by atoms with Gasteiger partial charge in [-0.1, -0.05) is 37.8 Å². The number of rotatable bonds is 6. The smallest absolute Gasteiger partial charge is 0.234 e. The topological polar surface area (TPSA) is 35.6 Å². The van der Waals surface area contributed by atoms with Crippen LogP contribution in [-0.4, -0.2) is 54.5 Å². The maximum absolute atomic E-state index is 13.3. The third-order valence-corrected chi connectivity index (χ3v) is 7.03. The Balaban J connectivity index is 1.31. The number of carbonyl (C=O) groups is 1. The lowest BCUT2D eigenvalue weighted by atomic mass is 9.91. The molecule has 2 saturated carbocycles. The van der Waals surface area contributed by atoms with Crippen LogP contribution in [0.3, 0.4) is 0 Å². The molecule has 1 aromatic carbocycles. The predicted octanol–water partition coefficient (Wildman–Crippen LogP) is 3.73. The van der Waals surface area contributed by atoms with Gasteiger partial charge in [0, 0.05) is 32.2 Å². The second-order valence-corrected chi connectivity index (χ2v) is 8.89. The molecular weight excluding hydrogens is 353 g/mol. The molecule has 0 aromatic heterocycles. The van der Waals surface area contributed by atoms with Crippen molar-refractivity contribution in [3.8, 4) is 0 Å². The Morgan fingerprint density at radius 1 is 0.964 bits per heavy atom. The highest BCUT2D eigenvalue weighted by molar-refractivity contribution is 5.78. The second kappa shape index (κ2) is 9.36. The number of amides is 1. The molecule has 1 heterocycles. The van der Waals surface area contributed by atoms with E-state index in [4.69, 9.17) is 0 Å². The summed E-state index contributed by atoms with van der Waals surface area (Å²) in [5.41, 5.74) is 1.03. The van der Waals surface area contributed by atoms with E-state index < -0.39 is 0 Å². The van der Waals surface area contributed by atoms with Crippen LogP contribution >= 0.6 is 0 Å². The molecule has 0 bridgehead atoms. The zero-order valence-corrected chi connectivity index (χ0v) is 16.9. The van der Waals surface area contributed by atoms with Crippen LogP contribution in [0.5, 0.6) is 0 Å². The minimum Gasteiger partial charge on any atom is -0.348 e. The highest BCUT2D eigenvalue weighted by Gasteiger charge is 2.30. The molecule has 3 aliphatic rings. The first kappa shape index (κ1) is 19.8. The van der Waals surface area contributed by atoms with Gasteiger partial charge in [-0.2, -0.15) is 0 Å². The van der Waals surface area contributed by atoms with E-state index in [0.717, 1.165) is 50.6 Å². The van der Waals surface area contributed by atoms with Gasteiger partial charge < -0.3 is 5.32 Å². The van der Waals surface area contributed by atoms with Crippen LogP contribution in [0.25, 0.3) is 0 Å². The van der Waals surface area contributed by atoms with Gasteiger partial charge in [0.25, 0.3) is 0 Å². The summed E-state index contributed by atoms with van der Waals surface area (Å²) in [6, 6.07) is 7.46. The molecule has 1 N–H and O–H groups in total. The van der Waals surface area contributed by atoms with Crippen LogP contribution in [0.15, 0.2) is 24.3 Å². The van der Waals surface area contributed by atoms with Gasteiger partial charge >= 0.3 is 0 Å². The van der Waals surface area contributed by atoms with Crippen LogP contribution in [0.2, 0.25) is 0 Å². The fourth-order valence-corrected chi connectivity index (χ4v) is 5.41. The lowest BCUT2D eigenvalue weighted by Gasteiger charge is -2.38. The Morgan fingerprint density at radius 2 is 1.57 bits per heavy atom. The highest BCUT2D eigenvalue weighted by atomic mass is 19.1. The van der Waals surface area contributed by atoms with Crippen LogP contribution in [0, 0.1) is 11.7 Å². The molecule has 3 fully saturated rings. The maximum Gasteiger partial charge on any atom is 0.234 e. The van der Waals surface area contributed by atoms with E-state index in [1.54, 1.807) is 0 Å². The van der Waals surface area contributed by atoms with E-state index in [1.165, 1.54) is 50.7 Å². The summed E-state index contributed by atoms with van der Waals surface area (Å²) in [5, 5.41) is 3.29. The number of carbonyl (C=O) groups excluding carboxylic acids is 1. The highest BCUT2D eigenvalue weighted by Crippen LogP contribution is 2.35. The van der Waals surface area contributed by atoms with Crippen molar-refractivity contribution in [1.82, 2.24) is 15.1 Å². The Labute approximate surface area is 168 Å². The lowest BCUT2D eigenvalue weighted by Crippen LogP contribution is -2.52. The quantitative estimate of drug-likeness (QED) is 0.808. The SMILES string of the molecule is O=C(CN1CCN(C2CCCC2)CC1)NC(c1ccc(F)cc1)C1CCCC1. The van der Waals surface area contributed by atoms with Gasteiger partial charge in [0.15, 0.2) is 0 Å². The maximum atomic E-state index is 13.3. The number of benzene rings is 1.